The molecule has 1 aliphatic carbocycles. The molecular formula is C13H19FN2S. The molecule has 4 heteroatoms. The lowest BCUT2D eigenvalue weighted by atomic mass is 10.2. The van der Waals surface area contributed by atoms with Crippen LogP contribution in [0.3, 0.4) is 0 Å². The number of anilines is 2. The molecular weight excluding hydrogens is 235 g/mol. The van der Waals surface area contributed by atoms with Crippen LogP contribution < -0.4 is 11.1 Å². The first-order chi connectivity index (χ1) is 8.22. The smallest absolute Gasteiger partial charge is 0.148 e. The number of benzene rings is 1. The van der Waals surface area contributed by atoms with Crippen molar-refractivity contribution in [2.45, 2.75) is 37.5 Å². The van der Waals surface area contributed by atoms with E-state index in [9.17, 15) is 4.39 Å². The van der Waals surface area contributed by atoms with E-state index in [1.54, 1.807) is 6.07 Å². The minimum Gasteiger partial charge on any atom is -0.395 e. The predicted octanol–water partition coefficient (Wildman–Crippen LogP) is 3.49. The second-order valence-electron chi connectivity index (χ2n) is 4.38. The van der Waals surface area contributed by atoms with Crippen LogP contribution in [0.2, 0.25) is 0 Å². The molecule has 17 heavy (non-hydrogen) atoms. The van der Waals surface area contributed by atoms with Gasteiger partial charge in [-0.05, 0) is 30.7 Å². The van der Waals surface area contributed by atoms with Gasteiger partial charge in [-0.2, -0.15) is 11.8 Å². The lowest BCUT2D eigenvalue weighted by Crippen LogP contribution is -2.26. The summed E-state index contributed by atoms with van der Waals surface area (Å²) in [7, 11) is 0. The Morgan fingerprint density at radius 1 is 1.47 bits per heavy atom. The molecule has 0 aromatic heterocycles. The summed E-state index contributed by atoms with van der Waals surface area (Å²) in [6, 6.07) is 5.37. The van der Waals surface area contributed by atoms with Gasteiger partial charge < -0.3 is 11.1 Å². The van der Waals surface area contributed by atoms with Gasteiger partial charge >= 0.3 is 0 Å². The fourth-order valence-corrected chi connectivity index (χ4v) is 3.57. The van der Waals surface area contributed by atoms with Crippen LogP contribution in [0.15, 0.2) is 18.2 Å². The summed E-state index contributed by atoms with van der Waals surface area (Å²) >= 11 is 1.98. The first-order valence-electron chi connectivity index (χ1n) is 6.14. The van der Waals surface area contributed by atoms with Crippen molar-refractivity contribution in [2.24, 2.45) is 0 Å². The molecule has 94 valence electrons. The van der Waals surface area contributed by atoms with Crippen molar-refractivity contribution in [3.8, 4) is 0 Å². The van der Waals surface area contributed by atoms with Crippen molar-refractivity contribution >= 4 is 23.1 Å². The number of nitrogens with two attached hydrogens (primary N) is 1. The van der Waals surface area contributed by atoms with E-state index in [-0.39, 0.29) is 11.5 Å². The lowest BCUT2D eigenvalue weighted by molar-refractivity contribution is 0.632. The zero-order valence-electron chi connectivity index (χ0n) is 10.1. The third kappa shape index (κ3) is 2.86. The molecule has 2 nitrogen and oxygen atoms in total. The van der Waals surface area contributed by atoms with Crippen molar-refractivity contribution < 1.29 is 4.39 Å². The van der Waals surface area contributed by atoms with Gasteiger partial charge in [0.15, 0.2) is 0 Å². The number of hydrogen-bond donors (Lipinski definition) is 2. The van der Waals surface area contributed by atoms with Gasteiger partial charge in [0.2, 0.25) is 0 Å². The maximum Gasteiger partial charge on any atom is 0.148 e. The molecule has 0 heterocycles. The number of rotatable bonds is 4. The molecule has 3 N–H and O–H groups in total. The summed E-state index contributed by atoms with van der Waals surface area (Å²) in [4.78, 5) is 0. The summed E-state index contributed by atoms with van der Waals surface area (Å²) in [6.07, 6.45) is 3.63. The highest BCUT2D eigenvalue weighted by Gasteiger charge is 2.27. The molecule has 0 spiro atoms. The quantitative estimate of drug-likeness (QED) is 0.808. The number of para-hydroxylation sites is 1. The molecule has 0 radical (unpaired) electrons. The summed E-state index contributed by atoms with van der Waals surface area (Å²) in [5, 5.41) is 4.03. The Labute approximate surface area is 106 Å². The maximum absolute atomic E-state index is 13.3. The lowest BCUT2D eigenvalue weighted by Gasteiger charge is -2.22. The van der Waals surface area contributed by atoms with Gasteiger partial charge in [-0.1, -0.05) is 19.4 Å². The molecule has 1 aromatic rings. The molecule has 1 saturated carbocycles. The Bertz CT molecular complexity index is 384. The SMILES string of the molecule is CCSC1CCCC1Nc1cccc(F)c1N. The van der Waals surface area contributed by atoms with Gasteiger partial charge in [0, 0.05) is 11.3 Å². The van der Waals surface area contributed by atoms with Crippen LogP contribution >= 0.6 is 11.8 Å². The van der Waals surface area contributed by atoms with Crippen LogP contribution in [0.1, 0.15) is 26.2 Å². The second kappa shape index (κ2) is 5.63. The summed E-state index contributed by atoms with van der Waals surface area (Å²) in [6.45, 7) is 2.18. The molecule has 1 fully saturated rings. The van der Waals surface area contributed by atoms with Crippen molar-refractivity contribution in [3.63, 3.8) is 0 Å². The van der Waals surface area contributed by atoms with Gasteiger partial charge in [0.25, 0.3) is 0 Å². The fraction of sp³-hybridized carbons (Fsp3) is 0.538. The zero-order chi connectivity index (χ0) is 12.3. The Morgan fingerprint density at radius 3 is 3.06 bits per heavy atom. The fourth-order valence-electron chi connectivity index (χ4n) is 2.37. The highest BCUT2D eigenvalue weighted by atomic mass is 32.2. The number of hydrogen-bond acceptors (Lipinski definition) is 3. The standard InChI is InChI=1S/C13H19FN2S/c1-2-17-12-8-4-6-10(12)16-11-7-3-5-9(14)13(11)15/h3,5,7,10,12,16H,2,4,6,8,15H2,1H3. The van der Waals surface area contributed by atoms with Crippen molar-refractivity contribution in [2.75, 3.05) is 16.8 Å². The summed E-state index contributed by atoms with van der Waals surface area (Å²) < 4.78 is 13.3. The van der Waals surface area contributed by atoms with Crippen molar-refractivity contribution in [1.29, 1.82) is 0 Å². The Kier molecular flexibility index (Phi) is 4.15. The van der Waals surface area contributed by atoms with E-state index in [0.717, 1.165) is 17.9 Å². The number of halogens is 1. The molecule has 2 unspecified atom stereocenters. The summed E-state index contributed by atoms with van der Waals surface area (Å²) in [5.74, 6) is 0.786. The van der Waals surface area contributed by atoms with Gasteiger partial charge in [0.1, 0.15) is 5.82 Å². The molecule has 2 rings (SSSR count). The first-order valence-corrected chi connectivity index (χ1v) is 7.19. The molecule has 1 aliphatic rings. The van der Waals surface area contributed by atoms with Gasteiger partial charge in [0.05, 0.1) is 11.4 Å². The highest BCUT2D eigenvalue weighted by molar-refractivity contribution is 7.99. The van der Waals surface area contributed by atoms with Gasteiger partial charge in [-0.3, -0.25) is 0 Å². The minimum absolute atomic E-state index is 0.236. The number of thioether (sulfide) groups is 1. The third-order valence-corrected chi connectivity index (χ3v) is 4.55. The van der Waals surface area contributed by atoms with Gasteiger partial charge in [-0.15, -0.1) is 0 Å². The largest absolute Gasteiger partial charge is 0.395 e. The normalized spacial score (nSPS) is 23.9. The third-order valence-electron chi connectivity index (χ3n) is 3.23. The second-order valence-corrected chi connectivity index (χ2v) is 5.89. The predicted molar refractivity (Wildman–Crippen MR) is 74.0 cm³/mol. The monoisotopic (exact) mass is 254 g/mol. The molecule has 0 bridgehead atoms. The summed E-state index contributed by atoms with van der Waals surface area (Å²) in [5.41, 5.74) is 6.71. The van der Waals surface area contributed by atoms with E-state index in [0.29, 0.717) is 11.3 Å². The van der Waals surface area contributed by atoms with Crippen molar-refractivity contribution in [3.05, 3.63) is 24.0 Å². The Hall–Kier alpha value is -0.900. The first kappa shape index (κ1) is 12.6. The number of nitrogen functional groups attached to an aromatic ring is 1. The van der Waals surface area contributed by atoms with Crippen LogP contribution in [0.25, 0.3) is 0 Å². The topological polar surface area (TPSA) is 38.0 Å². The van der Waals surface area contributed by atoms with E-state index >= 15 is 0 Å². The van der Waals surface area contributed by atoms with Crippen LogP contribution in [0.5, 0.6) is 0 Å². The van der Waals surface area contributed by atoms with E-state index in [2.05, 4.69) is 12.2 Å². The van der Waals surface area contributed by atoms with E-state index in [1.165, 1.54) is 18.9 Å². The molecule has 0 aliphatic heterocycles. The maximum atomic E-state index is 13.3. The molecule has 0 saturated heterocycles. The molecule has 2 atom stereocenters. The molecule has 0 amide bonds. The van der Waals surface area contributed by atoms with E-state index in [1.807, 2.05) is 17.8 Å². The van der Waals surface area contributed by atoms with E-state index in [4.69, 9.17) is 5.73 Å². The van der Waals surface area contributed by atoms with Crippen molar-refractivity contribution in [1.82, 2.24) is 0 Å². The van der Waals surface area contributed by atoms with Gasteiger partial charge in [-0.25, -0.2) is 4.39 Å². The van der Waals surface area contributed by atoms with Crippen LogP contribution in [0, 0.1) is 5.82 Å². The van der Waals surface area contributed by atoms with Crippen LogP contribution in [-0.2, 0) is 0 Å². The van der Waals surface area contributed by atoms with Crippen LogP contribution in [0.4, 0.5) is 15.8 Å². The average Bonchev–Trinajstić information content (AvgIpc) is 2.73. The average molecular weight is 254 g/mol. The number of nitrogens with one attached hydrogen (secondary N) is 1. The minimum atomic E-state index is -0.340. The van der Waals surface area contributed by atoms with E-state index < -0.39 is 0 Å². The zero-order valence-corrected chi connectivity index (χ0v) is 10.9. The molecule has 1 aromatic carbocycles. The Balaban J connectivity index is 2.07. The highest BCUT2D eigenvalue weighted by Crippen LogP contribution is 2.33. The van der Waals surface area contributed by atoms with Crippen LogP contribution in [-0.4, -0.2) is 17.0 Å². The Morgan fingerprint density at radius 2 is 2.29 bits per heavy atom.